The number of carbonyl (C=O) groups is 2. The molecule has 1 fully saturated rings. The lowest BCUT2D eigenvalue weighted by Crippen LogP contribution is -2.46. The van der Waals surface area contributed by atoms with Gasteiger partial charge in [-0.05, 0) is 37.1 Å². The molecule has 2 unspecified atom stereocenters. The number of likely N-dealkylation sites (tertiary alicyclic amines) is 1. The molecule has 2 heterocycles. The molecule has 2 atom stereocenters. The second-order valence-corrected chi connectivity index (χ2v) is 8.95. The molecule has 2 N–H and O–H groups in total. The molecule has 6 heteroatoms. The molecule has 5 nitrogen and oxygen atoms in total. The van der Waals surface area contributed by atoms with Crippen LogP contribution in [-0.2, 0) is 16.1 Å². The Labute approximate surface area is 176 Å². The van der Waals surface area contributed by atoms with E-state index in [1.807, 2.05) is 30.3 Å². The van der Waals surface area contributed by atoms with E-state index in [0.717, 1.165) is 30.1 Å². The third kappa shape index (κ3) is 5.19. The summed E-state index contributed by atoms with van der Waals surface area (Å²) < 4.78 is 0. The molecule has 2 aromatic rings. The lowest BCUT2D eigenvalue weighted by atomic mass is 10.0. The number of carbonyl (C=O) groups excluding carboxylic acids is 2. The summed E-state index contributed by atoms with van der Waals surface area (Å²) in [7, 11) is 0. The van der Waals surface area contributed by atoms with Gasteiger partial charge in [0.25, 0.3) is 0 Å². The first-order valence-electron chi connectivity index (χ1n) is 10.3. The average molecular weight is 410 g/mol. The standard InChI is InChI=1S/C23H27N3O2S/c27-22(14-21-23(28)25-19-11-4-5-12-20(19)29-21)24-15-18-10-6-7-13-26(18)16-17-8-2-1-3-9-17/h1-5,8-9,11-12,18,21H,6-7,10,13-16H2,(H,24,27)(H,25,28). The predicted molar refractivity (Wildman–Crippen MR) is 117 cm³/mol. The minimum absolute atomic E-state index is 0.0535. The van der Waals surface area contributed by atoms with E-state index in [2.05, 4.69) is 39.8 Å². The monoisotopic (exact) mass is 409 g/mol. The number of nitrogens with zero attached hydrogens (tertiary/aromatic N) is 1. The summed E-state index contributed by atoms with van der Waals surface area (Å²) in [4.78, 5) is 28.4. The Hall–Kier alpha value is -2.31. The highest BCUT2D eigenvalue weighted by atomic mass is 32.2. The first-order chi connectivity index (χ1) is 14.2. The van der Waals surface area contributed by atoms with E-state index >= 15 is 0 Å². The quantitative estimate of drug-likeness (QED) is 0.764. The maximum atomic E-state index is 12.6. The third-order valence-corrected chi connectivity index (χ3v) is 6.86. The number of hydrogen-bond donors (Lipinski definition) is 2. The number of benzene rings is 2. The minimum Gasteiger partial charge on any atom is -0.354 e. The number of nitrogens with one attached hydrogen (secondary N) is 2. The first-order valence-corrected chi connectivity index (χ1v) is 11.2. The van der Waals surface area contributed by atoms with Gasteiger partial charge in [-0.3, -0.25) is 14.5 Å². The molecule has 0 aromatic heterocycles. The average Bonchev–Trinajstić information content (AvgIpc) is 2.74. The molecule has 2 amide bonds. The normalized spacial score (nSPS) is 21.9. The molecular formula is C23H27N3O2S. The van der Waals surface area contributed by atoms with Crippen molar-refractivity contribution in [3.63, 3.8) is 0 Å². The van der Waals surface area contributed by atoms with Crippen LogP contribution in [0.1, 0.15) is 31.2 Å². The largest absolute Gasteiger partial charge is 0.354 e. The number of hydrogen-bond acceptors (Lipinski definition) is 4. The summed E-state index contributed by atoms with van der Waals surface area (Å²) in [6, 6.07) is 18.6. The van der Waals surface area contributed by atoms with Crippen molar-refractivity contribution < 1.29 is 9.59 Å². The van der Waals surface area contributed by atoms with Crippen LogP contribution in [0.5, 0.6) is 0 Å². The van der Waals surface area contributed by atoms with Crippen molar-refractivity contribution in [1.29, 1.82) is 0 Å². The Morgan fingerprint density at radius 2 is 1.90 bits per heavy atom. The highest BCUT2D eigenvalue weighted by molar-refractivity contribution is 8.01. The van der Waals surface area contributed by atoms with Gasteiger partial charge in [0.2, 0.25) is 11.8 Å². The smallest absolute Gasteiger partial charge is 0.238 e. The maximum absolute atomic E-state index is 12.6. The van der Waals surface area contributed by atoms with Gasteiger partial charge in [0.15, 0.2) is 0 Å². The van der Waals surface area contributed by atoms with Crippen molar-refractivity contribution >= 4 is 29.3 Å². The van der Waals surface area contributed by atoms with Gasteiger partial charge in [-0.25, -0.2) is 0 Å². The van der Waals surface area contributed by atoms with E-state index in [-0.39, 0.29) is 23.5 Å². The molecule has 2 aliphatic rings. The zero-order chi connectivity index (χ0) is 20.1. The number of piperidine rings is 1. The zero-order valence-corrected chi connectivity index (χ0v) is 17.3. The van der Waals surface area contributed by atoms with Gasteiger partial charge in [0, 0.05) is 30.4 Å². The Bertz CT molecular complexity index is 858. The first kappa shape index (κ1) is 20.0. The van der Waals surface area contributed by atoms with Gasteiger partial charge in [0.1, 0.15) is 0 Å². The van der Waals surface area contributed by atoms with E-state index in [0.29, 0.717) is 12.6 Å². The number of rotatable bonds is 6. The van der Waals surface area contributed by atoms with Crippen molar-refractivity contribution in [3.05, 3.63) is 60.2 Å². The lowest BCUT2D eigenvalue weighted by molar-refractivity contribution is -0.124. The molecule has 0 bridgehead atoms. The van der Waals surface area contributed by atoms with Crippen LogP contribution in [0, 0.1) is 0 Å². The van der Waals surface area contributed by atoms with Crippen molar-refractivity contribution in [2.45, 2.75) is 48.4 Å². The van der Waals surface area contributed by atoms with Crippen LogP contribution in [0.4, 0.5) is 5.69 Å². The van der Waals surface area contributed by atoms with Crippen LogP contribution in [0.3, 0.4) is 0 Å². The zero-order valence-electron chi connectivity index (χ0n) is 16.5. The summed E-state index contributed by atoms with van der Waals surface area (Å²) >= 11 is 1.47. The number of para-hydroxylation sites is 1. The molecule has 1 saturated heterocycles. The van der Waals surface area contributed by atoms with E-state index in [9.17, 15) is 9.59 Å². The fraction of sp³-hybridized carbons (Fsp3) is 0.391. The highest BCUT2D eigenvalue weighted by Crippen LogP contribution is 2.36. The molecule has 29 heavy (non-hydrogen) atoms. The fourth-order valence-corrected chi connectivity index (χ4v) is 5.13. The van der Waals surface area contributed by atoms with E-state index < -0.39 is 0 Å². The molecule has 2 aliphatic heterocycles. The molecular weight excluding hydrogens is 382 g/mol. The number of amides is 2. The van der Waals surface area contributed by atoms with Crippen molar-refractivity contribution in [1.82, 2.24) is 10.2 Å². The number of anilines is 1. The van der Waals surface area contributed by atoms with E-state index in [1.165, 1.54) is 30.2 Å². The molecule has 0 saturated carbocycles. The summed E-state index contributed by atoms with van der Waals surface area (Å²) in [5, 5.41) is 5.62. The third-order valence-electron chi connectivity index (χ3n) is 5.59. The van der Waals surface area contributed by atoms with Gasteiger partial charge in [-0.2, -0.15) is 0 Å². The molecule has 2 aromatic carbocycles. The van der Waals surface area contributed by atoms with Crippen LogP contribution in [0.15, 0.2) is 59.5 Å². The summed E-state index contributed by atoms with van der Waals surface area (Å²) in [5.74, 6) is -0.144. The molecule has 0 spiro atoms. The van der Waals surface area contributed by atoms with Crippen LogP contribution in [0.25, 0.3) is 0 Å². The molecule has 0 aliphatic carbocycles. The minimum atomic E-state index is -0.378. The molecule has 0 radical (unpaired) electrons. The Morgan fingerprint density at radius 3 is 2.76 bits per heavy atom. The summed E-state index contributed by atoms with van der Waals surface area (Å²) in [5.41, 5.74) is 2.14. The van der Waals surface area contributed by atoms with E-state index in [4.69, 9.17) is 0 Å². The maximum Gasteiger partial charge on any atom is 0.238 e. The topological polar surface area (TPSA) is 61.4 Å². The second-order valence-electron chi connectivity index (χ2n) is 7.71. The van der Waals surface area contributed by atoms with Crippen LogP contribution in [0.2, 0.25) is 0 Å². The fourth-order valence-electron chi connectivity index (χ4n) is 4.02. The summed E-state index contributed by atoms with van der Waals surface area (Å²) in [6.07, 6.45) is 3.70. The SMILES string of the molecule is O=C(CC1Sc2ccccc2NC1=O)NCC1CCCCN1Cc1ccccc1. The Morgan fingerprint density at radius 1 is 1.10 bits per heavy atom. The van der Waals surface area contributed by atoms with Gasteiger partial charge in [0.05, 0.1) is 10.9 Å². The summed E-state index contributed by atoms with van der Waals surface area (Å²) in [6.45, 7) is 2.62. The van der Waals surface area contributed by atoms with Crippen molar-refractivity contribution in [2.75, 3.05) is 18.4 Å². The van der Waals surface area contributed by atoms with Crippen LogP contribution < -0.4 is 10.6 Å². The van der Waals surface area contributed by atoms with Crippen molar-refractivity contribution in [3.8, 4) is 0 Å². The predicted octanol–water partition coefficient (Wildman–Crippen LogP) is 3.66. The van der Waals surface area contributed by atoms with Gasteiger partial charge in [-0.15, -0.1) is 11.8 Å². The number of thioether (sulfide) groups is 1. The second kappa shape index (κ2) is 9.46. The lowest BCUT2D eigenvalue weighted by Gasteiger charge is -2.36. The van der Waals surface area contributed by atoms with Gasteiger partial charge >= 0.3 is 0 Å². The Kier molecular flexibility index (Phi) is 6.52. The van der Waals surface area contributed by atoms with Gasteiger partial charge < -0.3 is 10.6 Å². The van der Waals surface area contributed by atoms with Crippen LogP contribution in [-0.4, -0.2) is 41.1 Å². The number of fused-ring (bicyclic) bond motifs is 1. The van der Waals surface area contributed by atoms with Crippen molar-refractivity contribution in [2.24, 2.45) is 0 Å². The van der Waals surface area contributed by atoms with E-state index in [1.54, 1.807) is 0 Å². The highest BCUT2D eigenvalue weighted by Gasteiger charge is 2.29. The van der Waals surface area contributed by atoms with Crippen LogP contribution >= 0.6 is 11.8 Å². The molecule has 4 rings (SSSR count). The Balaban J connectivity index is 1.30. The molecule has 152 valence electrons. The van der Waals surface area contributed by atoms with Gasteiger partial charge in [-0.1, -0.05) is 48.9 Å².